The fourth-order valence-electron chi connectivity index (χ4n) is 2.28. The van der Waals surface area contributed by atoms with E-state index < -0.39 is 0 Å². The van der Waals surface area contributed by atoms with Gasteiger partial charge in [0.1, 0.15) is 0 Å². The highest BCUT2D eigenvalue weighted by molar-refractivity contribution is 5.79. The number of nitrogens with one attached hydrogen (secondary N) is 1. The van der Waals surface area contributed by atoms with Gasteiger partial charge in [-0.3, -0.25) is 4.79 Å². The maximum Gasteiger partial charge on any atom is 0.324 e. The number of hydrogen-bond acceptors (Lipinski definition) is 7. The number of aromatic nitrogens is 3. The van der Waals surface area contributed by atoms with E-state index in [9.17, 15) is 4.79 Å². The van der Waals surface area contributed by atoms with E-state index in [-0.39, 0.29) is 30.4 Å². The van der Waals surface area contributed by atoms with Gasteiger partial charge in [0.25, 0.3) is 0 Å². The third kappa shape index (κ3) is 3.75. The van der Waals surface area contributed by atoms with E-state index in [1.807, 2.05) is 4.90 Å². The Bertz CT molecular complexity index is 542. The van der Waals surface area contributed by atoms with Gasteiger partial charge < -0.3 is 19.7 Å². The molecule has 0 aliphatic carbocycles. The lowest BCUT2D eigenvalue weighted by atomic mass is 9.96. The molecule has 1 aromatic heterocycles. The van der Waals surface area contributed by atoms with Gasteiger partial charge in [-0.05, 0) is 12.8 Å². The number of nitrogens with zero attached hydrogens (tertiary/aromatic N) is 4. The summed E-state index contributed by atoms with van der Waals surface area (Å²) in [5.74, 6) is 2.86. The minimum absolute atomic E-state index is 0.00316. The standard InChI is InChI=1S/C14H19N5O3/c1-4-7-15-11(20)10-5-8-19(9-6-10)12-16-13(21-2)18-14(17-12)22-3/h1,10H,5-9H2,2-3H3,(H,15,20). The Kier molecular flexibility index (Phi) is 5.36. The summed E-state index contributed by atoms with van der Waals surface area (Å²) in [5, 5.41) is 2.72. The first kappa shape index (κ1) is 15.8. The Morgan fingerprint density at radius 1 is 1.27 bits per heavy atom. The van der Waals surface area contributed by atoms with Crippen molar-refractivity contribution < 1.29 is 14.3 Å². The molecule has 8 nitrogen and oxygen atoms in total. The number of ether oxygens (including phenoxy) is 2. The molecule has 1 aliphatic heterocycles. The van der Waals surface area contributed by atoms with Crippen molar-refractivity contribution in [2.75, 3.05) is 38.8 Å². The highest BCUT2D eigenvalue weighted by Crippen LogP contribution is 2.23. The van der Waals surface area contributed by atoms with Crippen molar-refractivity contribution in [1.82, 2.24) is 20.3 Å². The number of rotatable bonds is 5. The zero-order chi connectivity index (χ0) is 15.9. The van der Waals surface area contributed by atoms with E-state index in [4.69, 9.17) is 15.9 Å². The van der Waals surface area contributed by atoms with Crippen LogP contribution >= 0.6 is 0 Å². The molecule has 1 aliphatic rings. The van der Waals surface area contributed by atoms with E-state index >= 15 is 0 Å². The molecule has 2 heterocycles. The monoisotopic (exact) mass is 305 g/mol. The van der Waals surface area contributed by atoms with Gasteiger partial charge in [0.15, 0.2) is 0 Å². The summed E-state index contributed by atoms with van der Waals surface area (Å²) in [4.78, 5) is 26.3. The molecule has 1 amide bonds. The van der Waals surface area contributed by atoms with Crippen LogP contribution in [0, 0.1) is 18.3 Å². The molecule has 2 rings (SSSR count). The second kappa shape index (κ2) is 7.45. The fraction of sp³-hybridized carbons (Fsp3) is 0.571. The molecule has 118 valence electrons. The summed E-state index contributed by atoms with van der Waals surface area (Å²) in [6.07, 6.45) is 6.57. The van der Waals surface area contributed by atoms with Crippen LogP contribution in [0.15, 0.2) is 0 Å². The van der Waals surface area contributed by atoms with E-state index in [0.29, 0.717) is 31.9 Å². The number of terminal acetylenes is 1. The fourth-order valence-corrected chi connectivity index (χ4v) is 2.28. The van der Waals surface area contributed by atoms with Gasteiger partial charge in [-0.1, -0.05) is 5.92 Å². The van der Waals surface area contributed by atoms with Crippen molar-refractivity contribution in [3.05, 3.63) is 0 Å². The second-order valence-electron chi connectivity index (χ2n) is 4.79. The minimum atomic E-state index is -0.0322. The van der Waals surface area contributed by atoms with Gasteiger partial charge in [0, 0.05) is 19.0 Å². The third-order valence-electron chi connectivity index (χ3n) is 3.46. The third-order valence-corrected chi connectivity index (χ3v) is 3.46. The molecule has 0 atom stereocenters. The summed E-state index contributed by atoms with van der Waals surface area (Å²) in [6, 6.07) is 0.409. The Morgan fingerprint density at radius 3 is 2.36 bits per heavy atom. The van der Waals surface area contributed by atoms with Crippen LogP contribution in [0.1, 0.15) is 12.8 Å². The molecule has 0 bridgehead atoms. The first-order valence-electron chi connectivity index (χ1n) is 6.98. The van der Waals surface area contributed by atoms with Crippen LogP contribution in [0.3, 0.4) is 0 Å². The van der Waals surface area contributed by atoms with Crippen LogP contribution in [-0.2, 0) is 4.79 Å². The topological polar surface area (TPSA) is 89.5 Å². The molecule has 22 heavy (non-hydrogen) atoms. The Hall–Kier alpha value is -2.56. The normalized spacial score (nSPS) is 15.0. The average Bonchev–Trinajstić information content (AvgIpc) is 2.59. The molecular formula is C14H19N5O3. The second-order valence-corrected chi connectivity index (χ2v) is 4.79. The van der Waals surface area contributed by atoms with Crippen molar-refractivity contribution in [3.63, 3.8) is 0 Å². The van der Waals surface area contributed by atoms with Crippen molar-refractivity contribution in [2.45, 2.75) is 12.8 Å². The number of carbonyl (C=O) groups is 1. The largest absolute Gasteiger partial charge is 0.467 e. The van der Waals surface area contributed by atoms with Crippen LogP contribution in [0.4, 0.5) is 5.95 Å². The van der Waals surface area contributed by atoms with Crippen molar-refractivity contribution >= 4 is 11.9 Å². The molecule has 0 saturated carbocycles. The Balaban J connectivity index is 1.99. The maximum absolute atomic E-state index is 11.9. The van der Waals surface area contributed by atoms with Crippen molar-refractivity contribution in [2.24, 2.45) is 5.92 Å². The molecule has 0 aromatic carbocycles. The van der Waals surface area contributed by atoms with Crippen molar-refractivity contribution in [3.8, 4) is 24.4 Å². The average molecular weight is 305 g/mol. The lowest BCUT2D eigenvalue weighted by Gasteiger charge is -2.31. The minimum Gasteiger partial charge on any atom is -0.467 e. The van der Waals surface area contributed by atoms with Gasteiger partial charge in [-0.15, -0.1) is 11.4 Å². The number of hydrogen-bond donors (Lipinski definition) is 1. The highest BCUT2D eigenvalue weighted by atomic mass is 16.5. The lowest BCUT2D eigenvalue weighted by molar-refractivity contribution is -0.125. The van der Waals surface area contributed by atoms with Gasteiger partial charge in [-0.2, -0.15) is 9.97 Å². The van der Waals surface area contributed by atoms with Crippen LogP contribution in [-0.4, -0.2) is 54.7 Å². The number of amides is 1. The Morgan fingerprint density at radius 2 is 1.86 bits per heavy atom. The van der Waals surface area contributed by atoms with E-state index in [1.165, 1.54) is 14.2 Å². The summed E-state index contributed by atoms with van der Waals surface area (Å²) in [6.45, 7) is 1.61. The lowest BCUT2D eigenvalue weighted by Crippen LogP contribution is -2.41. The molecule has 0 radical (unpaired) electrons. The smallest absolute Gasteiger partial charge is 0.324 e. The van der Waals surface area contributed by atoms with Gasteiger partial charge in [-0.25, -0.2) is 0 Å². The molecule has 0 spiro atoms. The molecule has 1 N–H and O–H groups in total. The summed E-state index contributed by atoms with van der Waals surface area (Å²) in [5.41, 5.74) is 0. The van der Waals surface area contributed by atoms with Gasteiger partial charge in [0.05, 0.1) is 20.8 Å². The van der Waals surface area contributed by atoms with Crippen LogP contribution in [0.5, 0.6) is 12.0 Å². The van der Waals surface area contributed by atoms with E-state index in [1.54, 1.807) is 0 Å². The predicted octanol–water partition coefficient (Wildman–Crippen LogP) is -0.145. The molecule has 1 saturated heterocycles. The van der Waals surface area contributed by atoms with Crippen LogP contribution in [0.2, 0.25) is 0 Å². The summed E-state index contributed by atoms with van der Waals surface area (Å²) < 4.78 is 10.1. The van der Waals surface area contributed by atoms with Crippen LogP contribution in [0.25, 0.3) is 0 Å². The quantitative estimate of drug-likeness (QED) is 0.757. The molecule has 1 fully saturated rings. The molecule has 8 heteroatoms. The Labute approximate surface area is 129 Å². The molecular weight excluding hydrogens is 286 g/mol. The first-order valence-corrected chi connectivity index (χ1v) is 6.98. The number of methoxy groups -OCH3 is 2. The zero-order valence-electron chi connectivity index (χ0n) is 12.7. The van der Waals surface area contributed by atoms with E-state index in [0.717, 1.165) is 0 Å². The zero-order valence-corrected chi connectivity index (χ0v) is 12.7. The number of anilines is 1. The highest BCUT2D eigenvalue weighted by Gasteiger charge is 2.26. The molecule has 0 unspecified atom stereocenters. The van der Waals surface area contributed by atoms with Gasteiger partial charge in [0.2, 0.25) is 11.9 Å². The van der Waals surface area contributed by atoms with E-state index in [2.05, 4.69) is 26.2 Å². The maximum atomic E-state index is 11.9. The van der Waals surface area contributed by atoms with Crippen LogP contribution < -0.4 is 19.7 Å². The first-order chi connectivity index (χ1) is 10.7. The molecule has 1 aromatic rings. The van der Waals surface area contributed by atoms with Crippen molar-refractivity contribution in [1.29, 1.82) is 0 Å². The predicted molar refractivity (Wildman–Crippen MR) is 79.7 cm³/mol. The number of carbonyl (C=O) groups excluding carboxylic acids is 1. The summed E-state index contributed by atoms with van der Waals surface area (Å²) in [7, 11) is 2.97. The summed E-state index contributed by atoms with van der Waals surface area (Å²) >= 11 is 0. The SMILES string of the molecule is C#CCNC(=O)C1CCN(c2nc(OC)nc(OC)n2)CC1. The number of piperidine rings is 1. The van der Waals surface area contributed by atoms with Gasteiger partial charge >= 0.3 is 12.0 Å².